The Hall–Kier alpha value is -2.85. The lowest BCUT2D eigenvalue weighted by atomic mass is 10.0. The molecule has 1 unspecified atom stereocenters. The average Bonchev–Trinajstić information content (AvgIpc) is 3.13. The van der Waals surface area contributed by atoms with Crippen LogP contribution in [0.1, 0.15) is 62.6 Å². The number of aromatic nitrogens is 3. The van der Waals surface area contributed by atoms with E-state index >= 15 is 0 Å². The summed E-state index contributed by atoms with van der Waals surface area (Å²) in [6.07, 6.45) is 7.19. The molecule has 1 saturated heterocycles. The van der Waals surface area contributed by atoms with E-state index in [9.17, 15) is 4.79 Å². The van der Waals surface area contributed by atoms with Crippen LogP contribution in [-0.2, 0) is 0 Å². The van der Waals surface area contributed by atoms with Crippen molar-refractivity contribution in [3.05, 3.63) is 60.3 Å². The van der Waals surface area contributed by atoms with Crippen molar-refractivity contribution in [3.63, 3.8) is 0 Å². The van der Waals surface area contributed by atoms with Gasteiger partial charge in [0.05, 0.1) is 11.3 Å². The molecule has 0 saturated carbocycles. The van der Waals surface area contributed by atoms with Gasteiger partial charge in [0.15, 0.2) is 5.82 Å². The zero-order valence-corrected chi connectivity index (χ0v) is 20.2. The Morgan fingerprint density at radius 3 is 2.44 bits per heavy atom. The second kappa shape index (κ2) is 8.95. The SMILES string of the molecule is CC(C)c1ncc(C(=O)Nc2c(-c3ccccc3P)ccnc2N2CCCC2(C)C)cn1. The fraction of sp³-hybridized carbons (Fsp3) is 0.360. The molecule has 0 aliphatic carbocycles. The Morgan fingerprint density at radius 2 is 1.81 bits per heavy atom. The van der Waals surface area contributed by atoms with Crippen molar-refractivity contribution < 1.29 is 4.79 Å². The van der Waals surface area contributed by atoms with Crippen molar-refractivity contribution in [2.45, 2.75) is 52.0 Å². The Labute approximate surface area is 192 Å². The van der Waals surface area contributed by atoms with Crippen LogP contribution in [0.5, 0.6) is 0 Å². The molecule has 1 fully saturated rings. The van der Waals surface area contributed by atoms with Crippen molar-refractivity contribution in [1.82, 2.24) is 15.0 Å². The number of carbonyl (C=O) groups is 1. The summed E-state index contributed by atoms with van der Waals surface area (Å²) in [5, 5.41) is 4.21. The first-order chi connectivity index (χ1) is 15.3. The predicted molar refractivity (Wildman–Crippen MR) is 134 cm³/mol. The van der Waals surface area contributed by atoms with Crippen LogP contribution in [0, 0.1) is 0 Å². The summed E-state index contributed by atoms with van der Waals surface area (Å²) in [5.74, 6) is 1.49. The number of carbonyl (C=O) groups excluding carboxylic acids is 1. The fourth-order valence-electron chi connectivity index (χ4n) is 4.18. The van der Waals surface area contributed by atoms with E-state index in [1.165, 1.54) is 0 Å². The molecular formula is C25H30N5OP. The van der Waals surface area contributed by atoms with Gasteiger partial charge < -0.3 is 10.2 Å². The molecule has 166 valence electrons. The highest BCUT2D eigenvalue weighted by Gasteiger charge is 2.35. The minimum atomic E-state index is -0.242. The molecule has 1 aromatic carbocycles. The highest BCUT2D eigenvalue weighted by atomic mass is 31.0. The fourth-order valence-corrected chi connectivity index (χ4v) is 4.55. The molecular weight excluding hydrogens is 417 g/mol. The van der Waals surface area contributed by atoms with Crippen molar-refractivity contribution in [3.8, 4) is 11.1 Å². The van der Waals surface area contributed by atoms with Gasteiger partial charge >= 0.3 is 0 Å². The number of anilines is 2. The van der Waals surface area contributed by atoms with Crippen LogP contribution in [0.2, 0.25) is 0 Å². The molecule has 6 nitrogen and oxygen atoms in total. The third kappa shape index (κ3) is 4.37. The summed E-state index contributed by atoms with van der Waals surface area (Å²) in [5.41, 5.74) is 3.09. The zero-order chi connectivity index (χ0) is 22.9. The molecule has 3 heterocycles. The third-order valence-electron chi connectivity index (χ3n) is 6.03. The van der Waals surface area contributed by atoms with Crippen LogP contribution in [0.4, 0.5) is 11.5 Å². The first kappa shape index (κ1) is 22.3. The van der Waals surface area contributed by atoms with Gasteiger partial charge in [-0.2, -0.15) is 0 Å². The number of rotatable bonds is 5. The molecule has 0 spiro atoms. The Morgan fingerprint density at radius 1 is 1.09 bits per heavy atom. The van der Waals surface area contributed by atoms with Gasteiger partial charge in [-0.1, -0.05) is 38.1 Å². The Kier molecular flexibility index (Phi) is 6.25. The summed E-state index contributed by atoms with van der Waals surface area (Å²) < 4.78 is 0. The molecule has 32 heavy (non-hydrogen) atoms. The lowest BCUT2D eigenvalue weighted by Gasteiger charge is -2.34. The molecule has 1 atom stereocenters. The van der Waals surface area contributed by atoms with Gasteiger partial charge in [0.1, 0.15) is 5.82 Å². The van der Waals surface area contributed by atoms with Crippen LogP contribution in [0.15, 0.2) is 48.9 Å². The van der Waals surface area contributed by atoms with E-state index in [2.05, 4.69) is 49.3 Å². The van der Waals surface area contributed by atoms with Gasteiger partial charge in [-0.3, -0.25) is 4.79 Å². The summed E-state index contributed by atoms with van der Waals surface area (Å²) >= 11 is 0. The van der Waals surface area contributed by atoms with E-state index in [-0.39, 0.29) is 17.4 Å². The maximum absolute atomic E-state index is 13.2. The summed E-state index contributed by atoms with van der Waals surface area (Å²) in [4.78, 5) is 29.0. The van der Waals surface area contributed by atoms with E-state index in [1.807, 2.05) is 44.3 Å². The lowest BCUT2D eigenvalue weighted by Crippen LogP contribution is -2.39. The minimum Gasteiger partial charge on any atom is -0.350 e. The molecule has 1 aliphatic rings. The number of amides is 1. The normalized spacial score (nSPS) is 15.2. The number of benzene rings is 1. The molecule has 0 radical (unpaired) electrons. The summed E-state index contributed by atoms with van der Waals surface area (Å²) in [6.45, 7) is 9.41. The highest BCUT2D eigenvalue weighted by molar-refractivity contribution is 7.28. The highest BCUT2D eigenvalue weighted by Crippen LogP contribution is 2.41. The lowest BCUT2D eigenvalue weighted by molar-refractivity contribution is 0.102. The van der Waals surface area contributed by atoms with Gasteiger partial charge in [-0.15, -0.1) is 9.24 Å². The molecule has 0 bridgehead atoms. The number of nitrogens with zero attached hydrogens (tertiary/aromatic N) is 4. The maximum Gasteiger partial charge on any atom is 0.258 e. The van der Waals surface area contributed by atoms with Gasteiger partial charge in [-0.25, -0.2) is 15.0 Å². The van der Waals surface area contributed by atoms with Crippen LogP contribution in [-0.4, -0.2) is 32.9 Å². The summed E-state index contributed by atoms with van der Waals surface area (Å²) in [7, 11) is 2.79. The van der Waals surface area contributed by atoms with Crippen molar-refractivity contribution in [2.75, 3.05) is 16.8 Å². The number of hydrogen-bond donors (Lipinski definition) is 1. The van der Waals surface area contributed by atoms with E-state index in [4.69, 9.17) is 4.98 Å². The Balaban J connectivity index is 1.79. The van der Waals surface area contributed by atoms with Gasteiger partial charge in [-0.05, 0) is 43.6 Å². The average molecular weight is 448 g/mol. The van der Waals surface area contributed by atoms with E-state index < -0.39 is 0 Å². The Bertz CT molecular complexity index is 1130. The molecule has 3 aromatic rings. The monoisotopic (exact) mass is 447 g/mol. The zero-order valence-electron chi connectivity index (χ0n) is 19.1. The molecule has 1 aliphatic heterocycles. The van der Waals surface area contributed by atoms with E-state index in [0.29, 0.717) is 5.56 Å². The second-order valence-electron chi connectivity index (χ2n) is 9.15. The smallest absolute Gasteiger partial charge is 0.258 e. The van der Waals surface area contributed by atoms with Gasteiger partial charge in [0.2, 0.25) is 0 Å². The van der Waals surface area contributed by atoms with Gasteiger partial charge in [0.25, 0.3) is 5.91 Å². The van der Waals surface area contributed by atoms with E-state index in [1.54, 1.807) is 12.4 Å². The largest absolute Gasteiger partial charge is 0.350 e. The maximum atomic E-state index is 13.2. The number of nitrogens with one attached hydrogen (secondary N) is 1. The number of pyridine rings is 1. The van der Waals surface area contributed by atoms with Crippen LogP contribution >= 0.6 is 9.24 Å². The van der Waals surface area contributed by atoms with Crippen LogP contribution in [0.3, 0.4) is 0 Å². The standard InChI is InChI=1S/C25H30N5OP/c1-16(2)22-27-14-17(15-28-22)24(31)29-21-19(18-8-5-6-9-20(18)32)10-12-26-23(21)30-13-7-11-25(30,3)4/h5-6,8-10,12,14-16H,7,11,13,32H2,1-4H3,(H,29,31). The molecule has 1 N–H and O–H groups in total. The quantitative estimate of drug-likeness (QED) is 0.569. The first-order valence-corrected chi connectivity index (χ1v) is 11.6. The topological polar surface area (TPSA) is 71.0 Å². The van der Waals surface area contributed by atoms with Crippen molar-refractivity contribution in [2.24, 2.45) is 0 Å². The molecule has 4 rings (SSSR count). The van der Waals surface area contributed by atoms with Gasteiger partial charge in [0, 0.05) is 42.2 Å². The number of hydrogen-bond acceptors (Lipinski definition) is 5. The molecule has 1 amide bonds. The predicted octanol–water partition coefficient (Wildman–Crippen LogP) is 4.79. The van der Waals surface area contributed by atoms with Crippen molar-refractivity contribution in [1.29, 1.82) is 0 Å². The van der Waals surface area contributed by atoms with E-state index in [0.717, 1.165) is 53.1 Å². The molecule has 2 aromatic heterocycles. The third-order valence-corrected chi connectivity index (χ3v) is 6.53. The van der Waals surface area contributed by atoms with Crippen LogP contribution in [0.25, 0.3) is 11.1 Å². The second-order valence-corrected chi connectivity index (χ2v) is 9.77. The van der Waals surface area contributed by atoms with Crippen LogP contribution < -0.4 is 15.5 Å². The first-order valence-electron chi connectivity index (χ1n) is 11.0. The minimum absolute atomic E-state index is 0.0341. The molecule has 7 heteroatoms. The van der Waals surface area contributed by atoms with Crippen molar-refractivity contribution >= 4 is 32.0 Å². The summed E-state index contributed by atoms with van der Waals surface area (Å²) in [6, 6.07) is 10.1.